The minimum Gasteiger partial charge on any atom is -0.265 e. The van der Waals surface area contributed by atoms with Crippen molar-refractivity contribution < 1.29 is 8.78 Å². The molecule has 0 aliphatic carbocycles. The highest BCUT2D eigenvalue weighted by atomic mass is 19.3. The number of nitrogens with zero attached hydrogens (tertiary/aromatic N) is 1. The fourth-order valence-electron chi connectivity index (χ4n) is 0.692. The molecule has 3 heteroatoms. The van der Waals surface area contributed by atoms with E-state index in [4.69, 9.17) is 0 Å². The molecule has 58 valence electrons. The average molecular weight is 155 g/mol. The molecule has 0 saturated carbocycles. The molecule has 0 aliphatic rings. The summed E-state index contributed by atoms with van der Waals surface area (Å²) in [5.74, 6) is -2.94. The maximum Gasteiger partial charge on any atom is 0.291 e. The van der Waals surface area contributed by atoms with Crippen LogP contribution in [0.3, 0.4) is 0 Å². The van der Waals surface area contributed by atoms with Gasteiger partial charge in [-0.2, -0.15) is 8.78 Å². The predicted octanol–water partition coefficient (Wildman–Crippen LogP) is 2.36. The molecule has 0 radical (unpaired) electrons. The first-order chi connectivity index (χ1) is 5.17. The summed E-state index contributed by atoms with van der Waals surface area (Å²) in [6.07, 6.45) is 3.27. The van der Waals surface area contributed by atoms with Crippen LogP contribution in [-0.2, 0) is 5.92 Å². The van der Waals surface area contributed by atoms with Crippen LogP contribution in [0.5, 0.6) is 0 Å². The van der Waals surface area contributed by atoms with Crippen LogP contribution in [0.15, 0.2) is 37.2 Å². The van der Waals surface area contributed by atoms with Gasteiger partial charge in [-0.1, -0.05) is 6.58 Å². The van der Waals surface area contributed by atoms with E-state index in [0.717, 1.165) is 0 Å². The van der Waals surface area contributed by atoms with Gasteiger partial charge in [0.15, 0.2) is 0 Å². The zero-order chi connectivity index (χ0) is 8.32. The summed E-state index contributed by atoms with van der Waals surface area (Å²) >= 11 is 0. The van der Waals surface area contributed by atoms with E-state index in [1.54, 1.807) is 0 Å². The maximum absolute atomic E-state index is 12.7. The van der Waals surface area contributed by atoms with Crippen LogP contribution >= 0.6 is 0 Å². The molecule has 0 bridgehead atoms. The normalized spacial score (nSPS) is 11.1. The van der Waals surface area contributed by atoms with Crippen LogP contribution < -0.4 is 0 Å². The predicted molar refractivity (Wildman–Crippen MR) is 38.3 cm³/mol. The molecule has 1 aromatic rings. The van der Waals surface area contributed by atoms with Crippen LogP contribution in [0.1, 0.15) is 5.56 Å². The Labute approximate surface area is 63.4 Å². The Bertz CT molecular complexity index is 244. The molecule has 0 atom stereocenters. The third-order valence-corrected chi connectivity index (χ3v) is 1.32. The van der Waals surface area contributed by atoms with Gasteiger partial charge in [-0.05, 0) is 18.2 Å². The highest BCUT2D eigenvalue weighted by molar-refractivity contribution is 5.20. The summed E-state index contributed by atoms with van der Waals surface area (Å²) < 4.78 is 25.5. The van der Waals surface area contributed by atoms with Crippen molar-refractivity contribution in [2.45, 2.75) is 5.92 Å². The van der Waals surface area contributed by atoms with Crippen LogP contribution in [-0.4, -0.2) is 4.98 Å². The molecule has 0 unspecified atom stereocenters. The molecule has 1 heterocycles. The van der Waals surface area contributed by atoms with E-state index in [9.17, 15) is 8.78 Å². The summed E-state index contributed by atoms with van der Waals surface area (Å²) in [4.78, 5) is 3.63. The minimum atomic E-state index is -2.94. The summed E-state index contributed by atoms with van der Waals surface area (Å²) in [7, 11) is 0. The molecule has 0 saturated heterocycles. The molecule has 1 nitrogen and oxygen atoms in total. The molecular formula is C8H7F2N. The summed E-state index contributed by atoms with van der Waals surface area (Å²) in [5.41, 5.74) is -0.0810. The molecule has 1 aromatic heterocycles. The largest absolute Gasteiger partial charge is 0.291 e. The monoisotopic (exact) mass is 155 g/mol. The van der Waals surface area contributed by atoms with Crippen molar-refractivity contribution in [2.24, 2.45) is 0 Å². The molecule has 0 spiro atoms. The summed E-state index contributed by atoms with van der Waals surface area (Å²) in [6.45, 7) is 3.04. The Morgan fingerprint density at radius 3 is 2.36 bits per heavy atom. The highest BCUT2D eigenvalue weighted by Crippen LogP contribution is 2.27. The number of hydrogen-bond acceptors (Lipinski definition) is 1. The highest BCUT2D eigenvalue weighted by Gasteiger charge is 2.26. The standard InChI is InChI=1S/C8H7F2N/c1-2-8(9,10)7-3-5-11-6-4-7/h2-6H,1H2. The fraction of sp³-hybridized carbons (Fsp3) is 0.125. The van der Waals surface area contributed by atoms with Gasteiger partial charge in [-0.3, -0.25) is 4.98 Å². The van der Waals surface area contributed by atoms with E-state index in [1.165, 1.54) is 24.5 Å². The van der Waals surface area contributed by atoms with Gasteiger partial charge >= 0.3 is 0 Å². The fourth-order valence-corrected chi connectivity index (χ4v) is 0.692. The van der Waals surface area contributed by atoms with Crippen LogP contribution in [0.25, 0.3) is 0 Å². The van der Waals surface area contributed by atoms with Gasteiger partial charge < -0.3 is 0 Å². The zero-order valence-corrected chi connectivity index (χ0v) is 5.80. The van der Waals surface area contributed by atoms with Gasteiger partial charge in [-0.25, -0.2) is 0 Å². The number of alkyl halides is 2. The van der Waals surface area contributed by atoms with Crippen molar-refractivity contribution in [3.8, 4) is 0 Å². The van der Waals surface area contributed by atoms with Gasteiger partial charge in [-0.15, -0.1) is 0 Å². The van der Waals surface area contributed by atoms with E-state index < -0.39 is 5.92 Å². The molecule has 1 rings (SSSR count). The molecule has 0 N–H and O–H groups in total. The number of pyridine rings is 1. The van der Waals surface area contributed by atoms with Crippen molar-refractivity contribution in [3.05, 3.63) is 42.7 Å². The second-order valence-electron chi connectivity index (χ2n) is 2.06. The Morgan fingerprint density at radius 1 is 1.36 bits per heavy atom. The van der Waals surface area contributed by atoms with Crippen molar-refractivity contribution in [3.63, 3.8) is 0 Å². The van der Waals surface area contributed by atoms with Crippen LogP contribution in [0.2, 0.25) is 0 Å². The number of halogens is 2. The molecule has 0 aliphatic heterocycles. The van der Waals surface area contributed by atoms with Gasteiger partial charge in [0, 0.05) is 18.0 Å². The first-order valence-corrected chi connectivity index (χ1v) is 3.09. The Kier molecular flexibility index (Phi) is 1.98. The SMILES string of the molecule is C=CC(F)(F)c1ccncc1. The number of aromatic nitrogens is 1. The van der Waals surface area contributed by atoms with E-state index >= 15 is 0 Å². The lowest BCUT2D eigenvalue weighted by molar-refractivity contribution is 0.0524. The maximum atomic E-state index is 12.7. The molecular weight excluding hydrogens is 148 g/mol. The second kappa shape index (κ2) is 2.78. The van der Waals surface area contributed by atoms with E-state index in [-0.39, 0.29) is 5.56 Å². The first-order valence-electron chi connectivity index (χ1n) is 3.09. The van der Waals surface area contributed by atoms with Gasteiger partial charge in [0.05, 0.1) is 0 Å². The average Bonchev–Trinajstić information content (AvgIpc) is 2.06. The molecule has 11 heavy (non-hydrogen) atoms. The topological polar surface area (TPSA) is 12.9 Å². The van der Waals surface area contributed by atoms with Gasteiger partial charge in [0.1, 0.15) is 0 Å². The Balaban J connectivity index is 3.02. The summed E-state index contributed by atoms with van der Waals surface area (Å²) in [6, 6.07) is 2.53. The van der Waals surface area contributed by atoms with Crippen molar-refractivity contribution in [2.75, 3.05) is 0 Å². The van der Waals surface area contributed by atoms with Crippen molar-refractivity contribution >= 4 is 0 Å². The molecule has 0 aromatic carbocycles. The lowest BCUT2D eigenvalue weighted by Gasteiger charge is -2.09. The summed E-state index contributed by atoms with van der Waals surface area (Å²) in [5, 5.41) is 0. The van der Waals surface area contributed by atoms with Crippen LogP contribution in [0, 0.1) is 0 Å². The Morgan fingerprint density at radius 2 is 1.91 bits per heavy atom. The molecule has 0 fully saturated rings. The van der Waals surface area contributed by atoms with E-state index in [0.29, 0.717) is 6.08 Å². The third kappa shape index (κ3) is 1.61. The van der Waals surface area contributed by atoms with E-state index in [2.05, 4.69) is 11.6 Å². The van der Waals surface area contributed by atoms with E-state index in [1.807, 2.05) is 0 Å². The van der Waals surface area contributed by atoms with Crippen molar-refractivity contribution in [1.82, 2.24) is 4.98 Å². The minimum absolute atomic E-state index is 0.0810. The third-order valence-electron chi connectivity index (χ3n) is 1.32. The Hall–Kier alpha value is -1.25. The second-order valence-corrected chi connectivity index (χ2v) is 2.06. The molecule has 0 amide bonds. The lowest BCUT2D eigenvalue weighted by Crippen LogP contribution is -2.08. The quantitative estimate of drug-likeness (QED) is 0.597. The first kappa shape index (κ1) is 7.85. The van der Waals surface area contributed by atoms with Gasteiger partial charge in [0.25, 0.3) is 5.92 Å². The number of allylic oxidation sites excluding steroid dienone is 1. The zero-order valence-electron chi connectivity index (χ0n) is 5.80. The number of hydrogen-bond donors (Lipinski definition) is 0. The van der Waals surface area contributed by atoms with Crippen LogP contribution in [0.4, 0.5) is 8.78 Å². The smallest absolute Gasteiger partial charge is 0.265 e. The number of rotatable bonds is 2. The van der Waals surface area contributed by atoms with Crippen molar-refractivity contribution in [1.29, 1.82) is 0 Å². The van der Waals surface area contributed by atoms with Gasteiger partial charge in [0.2, 0.25) is 0 Å². The lowest BCUT2D eigenvalue weighted by atomic mass is 10.1.